The number of nitriles is 1. The van der Waals surface area contributed by atoms with E-state index in [1.807, 2.05) is 25.1 Å². The van der Waals surface area contributed by atoms with E-state index >= 15 is 0 Å². The quantitative estimate of drug-likeness (QED) is 0.190. The second-order valence-electron chi connectivity index (χ2n) is 10.3. The maximum Gasteiger partial charge on any atom is 0.340 e. The molecule has 1 aliphatic rings. The molecular formula is C32H42FNO3. The summed E-state index contributed by atoms with van der Waals surface area (Å²) in [5, 5.41) is 9.57. The average molecular weight is 508 g/mol. The average Bonchev–Trinajstić information content (AvgIpc) is 2.94. The molecule has 0 bridgehead atoms. The maximum absolute atomic E-state index is 13.9. The highest BCUT2D eigenvalue weighted by Crippen LogP contribution is 2.31. The molecule has 1 saturated carbocycles. The number of carbonyl (C=O) groups is 1. The number of ether oxygens (including phenoxy) is 2. The van der Waals surface area contributed by atoms with Crippen LogP contribution in [0.15, 0.2) is 42.5 Å². The molecule has 4 nitrogen and oxygen atoms in total. The fourth-order valence-electron chi connectivity index (χ4n) is 4.97. The first-order valence-electron chi connectivity index (χ1n) is 14.1. The molecule has 2 aromatic rings. The van der Waals surface area contributed by atoms with Crippen molar-refractivity contribution in [2.45, 2.75) is 103 Å². The van der Waals surface area contributed by atoms with Crippen LogP contribution in [-0.2, 0) is 16.0 Å². The molecule has 0 amide bonds. The Morgan fingerprint density at radius 3 is 2.38 bits per heavy atom. The summed E-state index contributed by atoms with van der Waals surface area (Å²) in [6.07, 6.45) is 9.33. The number of carbonyl (C=O) groups excluding carboxylic acids is 1. The van der Waals surface area contributed by atoms with Gasteiger partial charge < -0.3 is 9.47 Å². The first-order chi connectivity index (χ1) is 18.0. The summed E-state index contributed by atoms with van der Waals surface area (Å²) in [7, 11) is 0. The van der Waals surface area contributed by atoms with Crippen molar-refractivity contribution in [3.8, 4) is 22.9 Å². The van der Waals surface area contributed by atoms with Crippen LogP contribution in [0.25, 0.3) is 11.1 Å². The third-order valence-electron chi connectivity index (χ3n) is 7.38. The van der Waals surface area contributed by atoms with Crippen LogP contribution in [-0.4, -0.2) is 24.9 Å². The highest BCUT2D eigenvalue weighted by atomic mass is 19.1. The van der Waals surface area contributed by atoms with Crippen molar-refractivity contribution >= 4 is 5.97 Å². The van der Waals surface area contributed by atoms with Crippen LogP contribution in [0, 0.1) is 17.2 Å². The summed E-state index contributed by atoms with van der Waals surface area (Å²) in [6, 6.07) is 16.7. The minimum Gasteiger partial charge on any atom is -0.492 e. The molecule has 0 N–H and O–H groups in total. The summed E-state index contributed by atoms with van der Waals surface area (Å²) in [4.78, 5) is 11.9. The monoisotopic (exact) mass is 507 g/mol. The first kappa shape index (κ1) is 28.7. The Hall–Kier alpha value is -2.87. The number of unbranched alkanes of at least 4 members (excludes halogenated alkanes) is 3. The number of hydrogen-bond acceptors (Lipinski definition) is 4. The molecule has 1 aliphatic carbocycles. The topological polar surface area (TPSA) is 59.3 Å². The van der Waals surface area contributed by atoms with Crippen LogP contribution in [0.1, 0.15) is 95.6 Å². The van der Waals surface area contributed by atoms with Crippen molar-refractivity contribution in [1.82, 2.24) is 0 Å². The van der Waals surface area contributed by atoms with E-state index < -0.39 is 12.1 Å². The highest BCUT2D eigenvalue weighted by Gasteiger charge is 2.27. The molecule has 0 aliphatic heterocycles. The van der Waals surface area contributed by atoms with E-state index in [0.29, 0.717) is 30.3 Å². The van der Waals surface area contributed by atoms with E-state index in [9.17, 15) is 14.4 Å². The number of aryl methyl sites for hydroxylation is 1. The summed E-state index contributed by atoms with van der Waals surface area (Å²) < 4.78 is 25.1. The van der Waals surface area contributed by atoms with E-state index in [2.05, 4.69) is 37.3 Å². The second-order valence-corrected chi connectivity index (χ2v) is 10.3. The molecule has 0 radical (unpaired) electrons. The molecule has 200 valence electrons. The lowest BCUT2D eigenvalue weighted by molar-refractivity contribution is -0.157. The van der Waals surface area contributed by atoms with Gasteiger partial charge in [-0.3, -0.25) is 0 Å². The lowest BCUT2D eigenvalue weighted by Crippen LogP contribution is -2.29. The van der Waals surface area contributed by atoms with Crippen LogP contribution in [0.4, 0.5) is 4.39 Å². The molecule has 0 aromatic heterocycles. The maximum atomic E-state index is 13.9. The highest BCUT2D eigenvalue weighted by molar-refractivity contribution is 5.74. The zero-order chi connectivity index (χ0) is 26.5. The molecule has 37 heavy (non-hydrogen) atoms. The van der Waals surface area contributed by atoms with Crippen molar-refractivity contribution in [1.29, 1.82) is 5.26 Å². The lowest BCUT2D eigenvalue weighted by Gasteiger charge is -2.28. The molecule has 5 heteroatoms. The molecule has 2 aromatic carbocycles. The normalized spacial score (nSPS) is 18.1. The minimum atomic E-state index is -1.48. The predicted octanol–water partition coefficient (Wildman–Crippen LogP) is 8.36. The number of rotatable bonds is 14. The minimum absolute atomic E-state index is 0.130. The van der Waals surface area contributed by atoms with Gasteiger partial charge in [-0.1, -0.05) is 69.9 Å². The van der Waals surface area contributed by atoms with E-state index in [0.717, 1.165) is 75.3 Å². The second kappa shape index (κ2) is 15.4. The van der Waals surface area contributed by atoms with Crippen molar-refractivity contribution in [2.24, 2.45) is 5.92 Å². The van der Waals surface area contributed by atoms with Gasteiger partial charge in [-0.15, -0.1) is 0 Å². The van der Waals surface area contributed by atoms with Crippen molar-refractivity contribution in [3.05, 3.63) is 53.6 Å². The molecule has 0 heterocycles. The van der Waals surface area contributed by atoms with Gasteiger partial charge in [0, 0.05) is 0 Å². The van der Waals surface area contributed by atoms with Crippen LogP contribution in [0.5, 0.6) is 5.75 Å². The smallest absolute Gasteiger partial charge is 0.340 e. The Kier molecular flexibility index (Phi) is 11.9. The van der Waals surface area contributed by atoms with Gasteiger partial charge in [-0.2, -0.15) is 5.26 Å². The molecular weight excluding hydrogens is 465 g/mol. The van der Waals surface area contributed by atoms with Crippen molar-refractivity contribution in [2.75, 3.05) is 6.61 Å². The van der Waals surface area contributed by atoms with E-state index in [1.54, 1.807) is 0 Å². The Labute approximate surface area is 222 Å². The Balaban J connectivity index is 1.44. The number of nitrogens with zero attached hydrogens (tertiary/aromatic N) is 1. The van der Waals surface area contributed by atoms with Crippen LogP contribution in [0.2, 0.25) is 0 Å². The first-order valence-corrected chi connectivity index (χ1v) is 14.1. The number of benzene rings is 2. The Morgan fingerprint density at radius 1 is 1.00 bits per heavy atom. The summed E-state index contributed by atoms with van der Waals surface area (Å²) in [5.41, 5.74) is 3.97. The molecule has 0 saturated heterocycles. The fraction of sp³-hybridized carbons (Fsp3) is 0.562. The fourth-order valence-corrected chi connectivity index (χ4v) is 4.97. The molecule has 3 rings (SSSR count). The largest absolute Gasteiger partial charge is 0.492 e. The SMILES string of the molecule is CCCCCOc1ccc(-c2ccc(CC[C@H]3CC[C@H](OC(=O)[C@@H](F)CCCC)CC3)cc2)cc1C#N. The van der Waals surface area contributed by atoms with Gasteiger partial charge in [0.1, 0.15) is 17.9 Å². The van der Waals surface area contributed by atoms with E-state index in [1.165, 1.54) is 5.56 Å². The zero-order valence-corrected chi connectivity index (χ0v) is 22.5. The molecule has 1 atom stereocenters. The van der Waals surface area contributed by atoms with Crippen molar-refractivity contribution in [3.63, 3.8) is 0 Å². The Morgan fingerprint density at radius 2 is 1.70 bits per heavy atom. The number of halogens is 1. The van der Waals surface area contributed by atoms with Crippen LogP contribution in [0.3, 0.4) is 0 Å². The van der Waals surface area contributed by atoms with Gasteiger partial charge in [0.15, 0.2) is 6.17 Å². The number of esters is 1. The van der Waals surface area contributed by atoms with Gasteiger partial charge in [-0.05, 0) is 86.1 Å². The summed E-state index contributed by atoms with van der Waals surface area (Å²) in [5.74, 6) is 0.594. The van der Waals surface area contributed by atoms with Gasteiger partial charge in [0.05, 0.1) is 12.2 Å². The van der Waals surface area contributed by atoms with E-state index in [4.69, 9.17) is 9.47 Å². The summed E-state index contributed by atoms with van der Waals surface area (Å²) >= 11 is 0. The lowest BCUT2D eigenvalue weighted by atomic mass is 9.83. The standard InChI is InChI=1S/C32H42FNO3/c1-3-5-7-21-36-31-20-17-27(22-28(31)23-34)26-15-11-24(12-16-26)9-10-25-13-18-29(19-14-25)37-32(35)30(33)8-6-4-2/h11-12,15-17,20,22,25,29-30H,3-10,13-14,18-19,21H2,1-2H3/t25-,29-,30-/m0/s1. The van der Waals surface area contributed by atoms with Gasteiger partial charge in [-0.25, -0.2) is 9.18 Å². The molecule has 1 fully saturated rings. The summed E-state index contributed by atoms with van der Waals surface area (Å²) in [6.45, 7) is 4.79. The third-order valence-corrected chi connectivity index (χ3v) is 7.38. The molecule has 0 spiro atoms. The van der Waals surface area contributed by atoms with Gasteiger partial charge >= 0.3 is 5.97 Å². The number of hydrogen-bond donors (Lipinski definition) is 0. The van der Waals surface area contributed by atoms with Crippen LogP contribution < -0.4 is 4.74 Å². The van der Waals surface area contributed by atoms with Crippen molar-refractivity contribution < 1.29 is 18.7 Å². The van der Waals surface area contributed by atoms with E-state index in [-0.39, 0.29) is 12.5 Å². The predicted molar refractivity (Wildman–Crippen MR) is 146 cm³/mol. The molecule has 0 unspecified atom stereocenters. The zero-order valence-electron chi connectivity index (χ0n) is 22.5. The van der Waals surface area contributed by atoms with Gasteiger partial charge in [0.25, 0.3) is 0 Å². The van der Waals surface area contributed by atoms with Gasteiger partial charge in [0.2, 0.25) is 0 Å². The van der Waals surface area contributed by atoms with Crippen LogP contribution >= 0.6 is 0 Å². The Bertz CT molecular complexity index is 1010. The number of alkyl halides is 1. The third kappa shape index (κ3) is 9.18.